The first-order valence-electron chi connectivity index (χ1n) is 5.79. The Morgan fingerprint density at radius 3 is 2.61 bits per heavy atom. The molecule has 0 unspecified atom stereocenters. The number of benzene rings is 1. The topological polar surface area (TPSA) is 72.2 Å². The molecule has 1 aliphatic carbocycles. The van der Waals surface area contributed by atoms with Gasteiger partial charge in [-0.2, -0.15) is 11.8 Å². The first-order valence-corrected chi connectivity index (χ1v) is 8.50. The van der Waals surface area contributed by atoms with Crippen LogP contribution in [0.3, 0.4) is 0 Å². The number of anilines is 1. The molecule has 3 N–H and O–H groups in total. The molecular weight excluding hydrogens is 268 g/mol. The van der Waals surface area contributed by atoms with E-state index in [-0.39, 0.29) is 9.64 Å². The average molecular weight is 286 g/mol. The summed E-state index contributed by atoms with van der Waals surface area (Å²) in [5.74, 6) is 0. The zero-order valence-corrected chi connectivity index (χ0v) is 12.2. The number of nitrogen functional groups attached to an aromatic ring is 1. The van der Waals surface area contributed by atoms with Crippen molar-refractivity contribution < 1.29 is 8.42 Å². The molecule has 0 saturated heterocycles. The second-order valence-electron chi connectivity index (χ2n) is 4.75. The Morgan fingerprint density at radius 1 is 1.44 bits per heavy atom. The first-order chi connectivity index (χ1) is 8.38. The summed E-state index contributed by atoms with van der Waals surface area (Å²) in [6, 6.07) is 4.99. The third kappa shape index (κ3) is 2.81. The highest BCUT2D eigenvalue weighted by Gasteiger charge is 2.42. The Kier molecular flexibility index (Phi) is 3.62. The Labute approximate surface area is 112 Å². The molecule has 0 amide bonds. The molecule has 1 fully saturated rings. The summed E-state index contributed by atoms with van der Waals surface area (Å²) in [4.78, 5) is 0.171. The van der Waals surface area contributed by atoms with Gasteiger partial charge < -0.3 is 5.73 Å². The second kappa shape index (κ2) is 4.75. The van der Waals surface area contributed by atoms with Gasteiger partial charge in [-0.15, -0.1) is 0 Å². The van der Waals surface area contributed by atoms with E-state index >= 15 is 0 Å². The number of hydrogen-bond donors (Lipinski definition) is 2. The molecular formula is C12H18N2O2S2. The minimum absolute atomic E-state index is 0.104. The van der Waals surface area contributed by atoms with E-state index in [1.54, 1.807) is 30.0 Å². The summed E-state index contributed by atoms with van der Waals surface area (Å²) in [5.41, 5.74) is 7.03. The van der Waals surface area contributed by atoms with Crippen molar-refractivity contribution in [1.29, 1.82) is 0 Å². The maximum atomic E-state index is 12.2. The molecule has 18 heavy (non-hydrogen) atoms. The molecule has 0 heterocycles. The van der Waals surface area contributed by atoms with Crippen molar-refractivity contribution in [3.05, 3.63) is 23.8 Å². The van der Waals surface area contributed by atoms with Gasteiger partial charge in [-0.05, 0) is 43.7 Å². The molecule has 1 aromatic carbocycles. The molecule has 100 valence electrons. The van der Waals surface area contributed by atoms with Gasteiger partial charge in [0.25, 0.3) is 0 Å². The van der Waals surface area contributed by atoms with Crippen LogP contribution in [0.1, 0.15) is 18.4 Å². The van der Waals surface area contributed by atoms with Crippen molar-refractivity contribution in [2.45, 2.75) is 29.4 Å². The van der Waals surface area contributed by atoms with Crippen LogP contribution < -0.4 is 10.5 Å². The van der Waals surface area contributed by atoms with E-state index in [1.165, 1.54) is 0 Å². The summed E-state index contributed by atoms with van der Waals surface area (Å²) in [6.45, 7) is 2.36. The maximum absolute atomic E-state index is 12.2. The standard InChI is InChI=1S/C12H18N2O2S2/c1-9-3-4-11(10(13)7-9)18(15,16)14-8-12(17-2)5-6-12/h3-4,7,14H,5-6,8,13H2,1-2H3. The second-order valence-corrected chi connectivity index (χ2v) is 7.76. The van der Waals surface area contributed by atoms with Gasteiger partial charge in [-0.3, -0.25) is 0 Å². The van der Waals surface area contributed by atoms with Crippen molar-refractivity contribution in [1.82, 2.24) is 4.72 Å². The lowest BCUT2D eigenvalue weighted by Gasteiger charge is -2.14. The van der Waals surface area contributed by atoms with Gasteiger partial charge in [0.2, 0.25) is 10.0 Å². The van der Waals surface area contributed by atoms with Crippen LogP contribution >= 0.6 is 11.8 Å². The van der Waals surface area contributed by atoms with Crippen molar-refractivity contribution in [2.24, 2.45) is 0 Å². The van der Waals surface area contributed by atoms with Gasteiger partial charge in [0, 0.05) is 11.3 Å². The molecule has 1 aliphatic rings. The van der Waals surface area contributed by atoms with Crippen LogP contribution in [0.15, 0.2) is 23.1 Å². The third-order valence-electron chi connectivity index (χ3n) is 3.28. The smallest absolute Gasteiger partial charge is 0.242 e. The number of hydrogen-bond acceptors (Lipinski definition) is 4. The monoisotopic (exact) mass is 286 g/mol. The van der Waals surface area contributed by atoms with Crippen LogP contribution in [-0.2, 0) is 10.0 Å². The molecule has 0 aromatic heterocycles. The summed E-state index contributed by atoms with van der Waals surface area (Å²) >= 11 is 1.72. The lowest BCUT2D eigenvalue weighted by Crippen LogP contribution is -2.32. The highest BCUT2D eigenvalue weighted by atomic mass is 32.2. The Morgan fingerprint density at radius 2 is 2.11 bits per heavy atom. The zero-order chi connectivity index (χ0) is 13.4. The molecule has 0 spiro atoms. The van der Waals surface area contributed by atoms with Crippen molar-refractivity contribution in [2.75, 3.05) is 18.5 Å². The van der Waals surface area contributed by atoms with Gasteiger partial charge >= 0.3 is 0 Å². The van der Waals surface area contributed by atoms with Gasteiger partial charge in [-0.25, -0.2) is 13.1 Å². The largest absolute Gasteiger partial charge is 0.398 e. The minimum atomic E-state index is -3.50. The molecule has 4 nitrogen and oxygen atoms in total. The SMILES string of the molecule is CSC1(CNS(=O)(=O)c2ccc(C)cc2N)CC1. The fourth-order valence-electron chi connectivity index (χ4n) is 1.81. The highest BCUT2D eigenvalue weighted by Crippen LogP contribution is 2.46. The minimum Gasteiger partial charge on any atom is -0.398 e. The van der Waals surface area contributed by atoms with E-state index in [0.717, 1.165) is 18.4 Å². The molecule has 2 rings (SSSR count). The lowest BCUT2D eigenvalue weighted by atomic mass is 10.2. The molecule has 0 bridgehead atoms. The van der Waals surface area contributed by atoms with Crippen LogP contribution in [0.25, 0.3) is 0 Å². The first kappa shape index (κ1) is 13.7. The van der Waals surface area contributed by atoms with Crippen LogP contribution in [0.5, 0.6) is 0 Å². The number of sulfonamides is 1. The zero-order valence-electron chi connectivity index (χ0n) is 10.6. The number of nitrogens with two attached hydrogens (primary N) is 1. The van der Waals surface area contributed by atoms with Crippen molar-refractivity contribution in [3.63, 3.8) is 0 Å². The van der Waals surface area contributed by atoms with E-state index in [0.29, 0.717) is 12.2 Å². The van der Waals surface area contributed by atoms with Gasteiger partial charge in [0.1, 0.15) is 4.90 Å². The Hall–Kier alpha value is -0.720. The number of aryl methyl sites for hydroxylation is 1. The summed E-state index contributed by atoms with van der Waals surface area (Å²) in [5, 5.41) is 0. The molecule has 0 atom stereocenters. The predicted molar refractivity (Wildman–Crippen MR) is 76.3 cm³/mol. The molecule has 6 heteroatoms. The van der Waals surface area contributed by atoms with Crippen LogP contribution in [0.2, 0.25) is 0 Å². The predicted octanol–water partition coefficient (Wildman–Crippen LogP) is 1.75. The normalized spacial score (nSPS) is 17.7. The number of thioether (sulfide) groups is 1. The van der Waals surface area contributed by atoms with E-state index < -0.39 is 10.0 Å². The fraction of sp³-hybridized carbons (Fsp3) is 0.500. The number of nitrogens with one attached hydrogen (secondary N) is 1. The van der Waals surface area contributed by atoms with Crippen LogP contribution in [0, 0.1) is 6.92 Å². The Balaban J connectivity index is 2.15. The van der Waals surface area contributed by atoms with E-state index in [1.807, 2.05) is 13.2 Å². The summed E-state index contributed by atoms with van der Waals surface area (Å²) in [6.07, 6.45) is 4.15. The van der Waals surface area contributed by atoms with Gasteiger partial charge in [0.05, 0.1) is 5.69 Å². The number of rotatable bonds is 5. The van der Waals surface area contributed by atoms with Crippen molar-refractivity contribution >= 4 is 27.5 Å². The summed E-state index contributed by atoms with van der Waals surface area (Å²) in [7, 11) is -3.50. The molecule has 0 radical (unpaired) electrons. The molecule has 1 saturated carbocycles. The summed E-state index contributed by atoms with van der Waals surface area (Å²) < 4.78 is 27.1. The lowest BCUT2D eigenvalue weighted by molar-refractivity contribution is 0.580. The maximum Gasteiger partial charge on any atom is 0.242 e. The third-order valence-corrected chi connectivity index (χ3v) is 6.17. The van der Waals surface area contributed by atoms with Gasteiger partial charge in [0.15, 0.2) is 0 Å². The van der Waals surface area contributed by atoms with Crippen molar-refractivity contribution in [3.8, 4) is 0 Å². The van der Waals surface area contributed by atoms with E-state index in [4.69, 9.17) is 5.73 Å². The van der Waals surface area contributed by atoms with E-state index in [2.05, 4.69) is 4.72 Å². The van der Waals surface area contributed by atoms with E-state index in [9.17, 15) is 8.42 Å². The van der Waals surface area contributed by atoms with Crippen LogP contribution in [-0.4, -0.2) is 26.0 Å². The fourth-order valence-corrected chi connectivity index (χ4v) is 3.87. The quantitative estimate of drug-likeness (QED) is 0.809. The average Bonchev–Trinajstić information content (AvgIpc) is 3.07. The molecule has 1 aromatic rings. The van der Waals surface area contributed by atoms with Gasteiger partial charge in [-0.1, -0.05) is 6.07 Å². The highest BCUT2D eigenvalue weighted by molar-refractivity contribution is 8.00. The molecule has 0 aliphatic heterocycles. The Bertz CT molecular complexity index is 551. The van der Waals surface area contributed by atoms with Crippen LogP contribution in [0.4, 0.5) is 5.69 Å².